The van der Waals surface area contributed by atoms with Crippen LogP contribution in [-0.2, 0) is 30.1 Å². The highest BCUT2D eigenvalue weighted by Crippen LogP contribution is 2.51. The predicted molar refractivity (Wildman–Crippen MR) is 130 cm³/mol. The van der Waals surface area contributed by atoms with Crippen molar-refractivity contribution in [2.45, 2.75) is 37.4 Å². The van der Waals surface area contributed by atoms with Crippen LogP contribution < -0.4 is 4.72 Å². The summed E-state index contributed by atoms with van der Waals surface area (Å²) in [6.45, 7) is -1.83. The first-order valence-electron chi connectivity index (χ1n) is 12.3. The summed E-state index contributed by atoms with van der Waals surface area (Å²) in [5.41, 5.74) is 2.20. The van der Waals surface area contributed by atoms with Crippen molar-refractivity contribution in [1.82, 2.24) is 18.8 Å². The Kier molecular flexibility index (Phi) is 5.75. The molecule has 2 fully saturated rings. The first kappa shape index (κ1) is 25.4. The molecule has 2 heterocycles. The second-order valence-corrected chi connectivity index (χ2v) is 12.2. The number of hydrogen-bond donors (Lipinski definition) is 1. The third-order valence-electron chi connectivity index (χ3n) is 8.33. The minimum absolute atomic E-state index is 0.214. The summed E-state index contributed by atoms with van der Waals surface area (Å²) in [7, 11) is -2.60. The second kappa shape index (κ2) is 8.59. The lowest BCUT2D eigenvalue weighted by atomic mass is 9.79. The molecular weight excluding hydrogens is 527 g/mol. The maximum atomic E-state index is 16.1. The van der Waals surface area contributed by atoms with Crippen LogP contribution >= 0.6 is 0 Å². The molecule has 0 unspecified atom stereocenters. The first-order valence-corrected chi connectivity index (χ1v) is 13.8. The van der Waals surface area contributed by atoms with Crippen LogP contribution in [0.5, 0.6) is 0 Å². The van der Waals surface area contributed by atoms with E-state index in [0.29, 0.717) is 40.5 Å². The number of halogens is 5. The lowest BCUT2D eigenvalue weighted by Crippen LogP contribution is -2.52. The van der Waals surface area contributed by atoms with Gasteiger partial charge in [0.15, 0.2) is 0 Å². The number of rotatable bonds is 3. The molecule has 0 amide bonds. The highest BCUT2D eigenvalue weighted by molar-refractivity contribution is 7.87. The van der Waals surface area contributed by atoms with Crippen molar-refractivity contribution in [2.24, 2.45) is 18.9 Å². The third-order valence-corrected chi connectivity index (χ3v) is 9.90. The van der Waals surface area contributed by atoms with Crippen molar-refractivity contribution in [2.75, 3.05) is 13.1 Å². The summed E-state index contributed by atoms with van der Waals surface area (Å²) in [6.07, 6.45) is -2.84. The van der Waals surface area contributed by atoms with E-state index in [-0.39, 0.29) is 36.2 Å². The molecule has 6 rings (SSSR count). The molecule has 2 bridgehead atoms. The molecule has 2 aromatic carbocycles. The monoisotopic (exact) mass is 552 g/mol. The van der Waals surface area contributed by atoms with E-state index in [2.05, 4.69) is 9.82 Å². The van der Waals surface area contributed by atoms with E-state index in [1.54, 1.807) is 36.0 Å². The Bertz CT molecular complexity index is 1520. The summed E-state index contributed by atoms with van der Waals surface area (Å²) in [4.78, 5) is 0. The van der Waals surface area contributed by atoms with Crippen LogP contribution in [-0.4, -0.2) is 47.3 Å². The number of nitrogens with one attached hydrogen (secondary N) is 1. The highest BCUT2D eigenvalue weighted by Gasteiger charge is 2.60. The topological polar surface area (TPSA) is 67.2 Å². The largest absolute Gasteiger partial charge is 0.402 e. The fourth-order valence-electron chi connectivity index (χ4n) is 6.57. The van der Waals surface area contributed by atoms with Gasteiger partial charge in [0, 0.05) is 19.2 Å². The Morgan fingerprint density at radius 2 is 1.74 bits per heavy atom. The fraction of sp³-hybridized carbons (Fsp3) is 0.423. The molecule has 202 valence electrons. The molecule has 38 heavy (non-hydrogen) atoms. The number of fused-ring (bicyclic) bond motifs is 1. The van der Waals surface area contributed by atoms with Gasteiger partial charge in [-0.1, -0.05) is 6.07 Å². The van der Waals surface area contributed by atoms with Crippen molar-refractivity contribution in [3.8, 4) is 22.5 Å². The van der Waals surface area contributed by atoms with E-state index < -0.39 is 34.3 Å². The Morgan fingerprint density at radius 1 is 1.05 bits per heavy atom. The number of benzene rings is 2. The van der Waals surface area contributed by atoms with Gasteiger partial charge in [-0.2, -0.15) is 35.7 Å². The van der Waals surface area contributed by atoms with Crippen LogP contribution in [0.25, 0.3) is 22.5 Å². The van der Waals surface area contributed by atoms with Crippen molar-refractivity contribution >= 4 is 10.2 Å². The molecule has 1 aliphatic heterocycles. The minimum atomic E-state index is -4.66. The molecule has 2 aliphatic carbocycles. The molecule has 1 N–H and O–H groups in total. The quantitative estimate of drug-likeness (QED) is 0.483. The molecule has 1 saturated heterocycles. The van der Waals surface area contributed by atoms with Gasteiger partial charge in [0.25, 0.3) is 10.2 Å². The number of aryl methyl sites for hydroxylation is 1. The lowest BCUT2D eigenvalue weighted by molar-refractivity contribution is -0.136. The zero-order valence-electron chi connectivity index (χ0n) is 20.4. The standard InChI is InChI=1S/C26H25F5N4O2S/c1-34-23(15-2-7-19(27)8-3-15)12-22(32-34)20-9-4-16-10-17-5-6-18(11-21(16)24(20)28)25(17)13-35(14-26(29,30)31)38(36,37)33-25/h2-4,7-9,12,17-18,33H,5-6,10-11,13-14H2,1H3/t17-,18+,25+/m0/s1. The minimum Gasteiger partial charge on any atom is -0.267 e. The normalized spacial score (nSPS) is 26.6. The zero-order valence-corrected chi connectivity index (χ0v) is 21.2. The van der Waals surface area contributed by atoms with E-state index in [1.807, 2.05) is 6.07 Å². The van der Waals surface area contributed by atoms with E-state index in [9.17, 15) is 26.0 Å². The van der Waals surface area contributed by atoms with E-state index in [1.165, 1.54) is 12.1 Å². The van der Waals surface area contributed by atoms with Crippen LogP contribution in [0.1, 0.15) is 24.0 Å². The predicted octanol–water partition coefficient (Wildman–Crippen LogP) is 4.61. The fourth-order valence-corrected chi connectivity index (χ4v) is 8.28. The van der Waals surface area contributed by atoms with E-state index in [4.69, 9.17) is 0 Å². The van der Waals surface area contributed by atoms with Gasteiger partial charge in [0.1, 0.15) is 18.2 Å². The summed E-state index contributed by atoms with van der Waals surface area (Å²) in [6, 6.07) is 11.1. The van der Waals surface area contributed by atoms with Gasteiger partial charge in [-0.05, 0) is 90.6 Å². The molecule has 1 spiro atoms. The van der Waals surface area contributed by atoms with Gasteiger partial charge < -0.3 is 0 Å². The zero-order chi connectivity index (χ0) is 27.0. The molecule has 3 aromatic rings. The smallest absolute Gasteiger partial charge is 0.267 e. The maximum absolute atomic E-state index is 16.1. The molecule has 12 heteroatoms. The Morgan fingerprint density at radius 3 is 2.42 bits per heavy atom. The maximum Gasteiger partial charge on any atom is 0.402 e. The van der Waals surface area contributed by atoms with Crippen LogP contribution in [0, 0.1) is 23.5 Å². The Labute approximate surface area is 216 Å². The molecular formula is C26H25F5N4O2S. The molecule has 1 aromatic heterocycles. The van der Waals surface area contributed by atoms with Gasteiger partial charge >= 0.3 is 6.18 Å². The average Bonchev–Trinajstić information content (AvgIpc) is 3.39. The van der Waals surface area contributed by atoms with E-state index in [0.717, 1.165) is 11.1 Å². The summed E-state index contributed by atoms with van der Waals surface area (Å²) >= 11 is 0. The number of alkyl halides is 3. The van der Waals surface area contributed by atoms with Gasteiger partial charge in [0.05, 0.1) is 16.9 Å². The van der Waals surface area contributed by atoms with Crippen LogP contribution in [0.3, 0.4) is 0 Å². The van der Waals surface area contributed by atoms with Crippen molar-refractivity contribution in [3.05, 3.63) is 65.2 Å². The molecule has 3 aliphatic rings. The van der Waals surface area contributed by atoms with Crippen LogP contribution in [0.15, 0.2) is 42.5 Å². The summed E-state index contributed by atoms with van der Waals surface area (Å²) in [5.74, 6) is -1.41. The van der Waals surface area contributed by atoms with Crippen molar-refractivity contribution in [3.63, 3.8) is 0 Å². The number of aromatic nitrogens is 2. The molecule has 0 radical (unpaired) electrons. The van der Waals surface area contributed by atoms with Crippen LogP contribution in [0.4, 0.5) is 22.0 Å². The van der Waals surface area contributed by atoms with Gasteiger partial charge in [-0.15, -0.1) is 0 Å². The van der Waals surface area contributed by atoms with Crippen molar-refractivity contribution < 1.29 is 30.4 Å². The Balaban J connectivity index is 1.34. The summed E-state index contributed by atoms with van der Waals surface area (Å²) in [5, 5.41) is 4.47. The van der Waals surface area contributed by atoms with E-state index >= 15 is 4.39 Å². The second-order valence-electron chi connectivity index (χ2n) is 10.5. The third kappa shape index (κ3) is 4.13. The average molecular weight is 553 g/mol. The van der Waals surface area contributed by atoms with Gasteiger partial charge in [-0.3, -0.25) is 4.68 Å². The highest BCUT2D eigenvalue weighted by atomic mass is 32.2. The lowest BCUT2D eigenvalue weighted by Gasteiger charge is -2.33. The summed E-state index contributed by atoms with van der Waals surface area (Å²) < 4.78 is 98.8. The molecule has 6 nitrogen and oxygen atoms in total. The Hall–Kier alpha value is -2.83. The number of hydrogen-bond acceptors (Lipinski definition) is 3. The van der Waals surface area contributed by atoms with Crippen LogP contribution in [0.2, 0.25) is 0 Å². The molecule has 3 atom stereocenters. The van der Waals surface area contributed by atoms with Gasteiger partial charge in [0.2, 0.25) is 0 Å². The number of nitrogens with zero attached hydrogens (tertiary/aromatic N) is 3. The SMILES string of the molecule is Cn1nc(-c2ccc3c(c2F)C[C@H]2CC[C@@H](C3)[C@]23CN(CC(F)(F)F)S(=O)(=O)N3)cc1-c1ccc(F)cc1. The molecule has 1 saturated carbocycles. The first-order chi connectivity index (χ1) is 17.9. The van der Waals surface area contributed by atoms with Crippen molar-refractivity contribution in [1.29, 1.82) is 0 Å². The van der Waals surface area contributed by atoms with Gasteiger partial charge in [-0.25, -0.2) is 8.78 Å².